The van der Waals surface area contributed by atoms with E-state index < -0.39 is 23.2 Å². The highest BCUT2D eigenvalue weighted by Gasteiger charge is 2.35. The molecule has 0 saturated heterocycles. The summed E-state index contributed by atoms with van der Waals surface area (Å²) in [6.45, 7) is 1.17. The summed E-state index contributed by atoms with van der Waals surface area (Å²) in [4.78, 5) is 11.0. The number of nitrogen functional groups attached to an aromatic ring is 1. The van der Waals surface area contributed by atoms with Crippen LogP contribution in [-0.4, -0.2) is 12.9 Å². The van der Waals surface area contributed by atoms with Crippen LogP contribution in [0, 0.1) is 0 Å². The second-order valence-electron chi connectivity index (χ2n) is 3.19. The third-order valence-corrected chi connectivity index (χ3v) is 2.07. The number of methoxy groups -OCH3 is 1. The van der Waals surface area contributed by atoms with Crippen molar-refractivity contribution < 1.29 is 22.7 Å². The number of carbonyl (C=O) groups is 1. The number of ether oxygens (including phenoxy) is 1. The van der Waals surface area contributed by atoms with Gasteiger partial charge in [-0.15, -0.1) is 0 Å². The van der Waals surface area contributed by atoms with Crippen LogP contribution in [0.3, 0.4) is 0 Å². The van der Waals surface area contributed by atoms with Gasteiger partial charge in [0.2, 0.25) is 0 Å². The Morgan fingerprint density at radius 2 is 1.94 bits per heavy atom. The summed E-state index contributed by atoms with van der Waals surface area (Å²) >= 11 is 0. The van der Waals surface area contributed by atoms with E-state index >= 15 is 0 Å². The molecule has 0 bridgehead atoms. The quantitative estimate of drug-likeness (QED) is 0.630. The van der Waals surface area contributed by atoms with E-state index in [0.717, 1.165) is 6.07 Å². The lowest BCUT2D eigenvalue weighted by Crippen LogP contribution is -2.11. The molecule has 0 heterocycles. The van der Waals surface area contributed by atoms with E-state index in [1.165, 1.54) is 20.1 Å². The molecule has 0 spiro atoms. The van der Waals surface area contributed by atoms with Gasteiger partial charge in [0.1, 0.15) is 5.75 Å². The normalized spacial score (nSPS) is 11.3. The zero-order valence-corrected chi connectivity index (χ0v) is 8.68. The van der Waals surface area contributed by atoms with Gasteiger partial charge in [0.15, 0.2) is 5.78 Å². The Kier molecular flexibility index (Phi) is 3.11. The maximum atomic E-state index is 12.6. The molecule has 0 aliphatic rings. The van der Waals surface area contributed by atoms with Gasteiger partial charge in [-0.1, -0.05) is 0 Å². The third kappa shape index (κ3) is 2.26. The minimum Gasteiger partial charge on any atom is -0.495 e. The van der Waals surface area contributed by atoms with E-state index in [1.54, 1.807) is 0 Å². The van der Waals surface area contributed by atoms with Crippen molar-refractivity contribution in [2.45, 2.75) is 13.1 Å². The van der Waals surface area contributed by atoms with Crippen LogP contribution in [-0.2, 0) is 6.18 Å². The van der Waals surface area contributed by atoms with Gasteiger partial charge in [-0.2, -0.15) is 13.2 Å². The Morgan fingerprint density at radius 1 is 1.38 bits per heavy atom. The molecule has 0 aromatic heterocycles. The van der Waals surface area contributed by atoms with E-state index in [1.807, 2.05) is 0 Å². The van der Waals surface area contributed by atoms with Crippen molar-refractivity contribution >= 4 is 11.5 Å². The predicted octanol–water partition coefficient (Wildman–Crippen LogP) is 2.50. The average molecular weight is 233 g/mol. The predicted molar refractivity (Wildman–Crippen MR) is 52.4 cm³/mol. The van der Waals surface area contributed by atoms with Crippen molar-refractivity contribution in [2.75, 3.05) is 12.8 Å². The standard InChI is InChI=1S/C10H10F3NO2/c1-5(15)6-3-7(10(11,12)13)9(14)8(4-6)16-2/h3-4H,14H2,1-2H3. The highest BCUT2D eigenvalue weighted by molar-refractivity contribution is 5.95. The second kappa shape index (κ2) is 4.03. The van der Waals surface area contributed by atoms with Crippen molar-refractivity contribution in [1.82, 2.24) is 0 Å². The number of halogens is 3. The summed E-state index contributed by atoms with van der Waals surface area (Å²) in [7, 11) is 1.19. The number of carbonyl (C=O) groups excluding carboxylic acids is 1. The zero-order chi connectivity index (χ0) is 12.5. The second-order valence-corrected chi connectivity index (χ2v) is 3.19. The van der Waals surface area contributed by atoms with Gasteiger partial charge in [-0.3, -0.25) is 4.79 Å². The third-order valence-electron chi connectivity index (χ3n) is 2.07. The molecule has 16 heavy (non-hydrogen) atoms. The summed E-state index contributed by atoms with van der Waals surface area (Å²) < 4.78 is 42.4. The lowest BCUT2D eigenvalue weighted by atomic mass is 10.0. The molecule has 0 fully saturated rings. The van der Waals surface area contributed by atoms with Crippen molar-refractivity contribution in [3.05, 3.63) is 23.3 Å². The Labute approximate surface area is 90.0 Å². The molecular formula is C10H10F3NO2. The topological polar surface area (TPSA) is 52.3 Å². The lowest BCUT2D eigenvalue weighted by Gasteiger charge is -2.14. The summed E-state index contributed by atoms with van der Waals surface area (Å²) in [5, 5.41) is 0. The fourth-order valence-corrected chi connectivity index (χ4v) is 1.23. The van der Waals surface area contributed by atoms with E-state index in [-0.39, 0.29) is 11.3 Å². The largest absolute Gasteiger partial charge is 0.495 e. The van der Waals surface area contributed by atoms with Gasteiger partial charge in [-0.25, -0.2) is 0 Å². The number of hydrogen-bond donors (Lipinski definition) is 1. The Balaban J connectivity index is 3.48. The minimum atomic E-state index is -4.61. The maximum absolute atomic E-state index is 12.6. The molecule has 0 unspecified atom stereocenters. The van der Waals surface area contributed by atoms with Crippen LogP contribution in [0.2, 0.25) is 0 Å². The number of Topliss-reactive ketones (excluding diaryl/α,β-unsaturated/α-hetero) is 1. The molecule has 88 valence electrons. The number of ketones is 1. The minimum absolute atomic E-state index is 0.0848. The molecule has 1 aromatic rings. The molecule has 0 amide bonds. The number of alkyl halides is 3. The van der Waals surface area contributed by atoms with Gasteiger partial charge in [-0.05, 0) is 19.1 Å². The van der Waals surface area contributed by atoms with E-state index in [9.17, 15) is 18.0 Å². The number of hydrogen-bond acceptors (Lipinski definition) is 3. The van der Waals surface area contributed by atoms with Crippen LogP contribution in [0.15, 0.2) is 12.1 Å². The molecule has 0 aliphatic heterocycles. The van der Waals surface area contributed by atoms with Gasteiger partial charge in [0.05, 0.1) is 18.4 Å². The first-order chi connectivity index (χ1) is 7.27. The van der Waals surface area contributed by atoms with Gasteiger partial charge >= 0.3 is 6.18 Å². The first kappa shape index (κ1) is 12.4. The van der Waals surface area contributed by atoms with Gasteiger partial charge in [0.25, 0.3) is 0 Å². The molecule has 0 aliphatic carbocycles. The molecule has 3 nitrogen and oxygen atoms in total. The molecule has 0 atom stereocenters. The van der Waals surface area contributed by atoms with Gasteiger partial charge < -0.3 is 10.5 Å². The van der Waals surface area contributed by atoms with Gasteiger partial charge in [0, 0.05) is 5.56 Å². The summed E-state index contributed by atoms with van der Waals surface area (Å²) in [6.07, 6.45) is -4.61. The van der Waals surface area contributed by atoms with Crippen LogP contribution < -0.4 is 10.5 Å². The number of anilines is 1. The first-order valence-electron chi connectivity index (χ1n) is 4.33. The van der Waals surface area contributed by atoms with Crippen LogP contribution in [0.4, 0.5) is 18.9 Å². The molecule has 2 N–H and O–H groups in total. The van der Waals surface area contributed by atoms with Crippen molar-refractivity contribution in [3.8, 4) is 5.75 Å². The summed E-state index contributed by atoms with van der Waals surface area (Å²) in [5.74, 6) is -0.635. The Bertz CT molecular complexity index is 427. The van der Waals surface area contributed by atoms with E-state index in [2.05, 4.69) is 0 Å². The SMILES string of the molecule is COc1cc(C(C)=O)cc(C(F)(F)F)c1N. The first-order valence-corrected chi connectivity index (χ1v) is 4.33. The van der Waals surface area contributed by atoms with E-state index in [4.69, 9.17) is 10.5 Å². The highest BCUT2D eigenvalue weighted by Crippen LogP contribution is 2.38. The Hall–Kier alpha value is -1.72. The smallest absolute Gasteiger partial charge is 0.418 e. The van der Waals surface area contributed by atoms with E-state index in [0.29, 0.717) is 0 Å². The van der Waals surface area contributed by atoms with Crippen LogP contribution in [0.1, 0.15) is 22.8 Å². The molecule has 6 heteroatoms. The summed E-state index contributed by atoms with van der Waals surface area (Å²) in [5.41, 5.74) is 3.64. The van der Waals surface area contributed by atoms with Crippen molar-refractivity contribution in [3.63, 3.8) is 0 Å². The van der Waals surface area contributed by atoms with Crippen LogP contribution in [0.25, 0.3) is 0 Å². The van der Waals surface area contributed by atoms with Crippen molar-refractivity contribution in [2.24, 2.45) is 0 Å². The van der Waals surface area contributed by atoms with Crippen molar-refractivity contribution in [1.29, 1.82) is 0 Å². The monoisotopic (exact) mass is 233 g/mol. The van der Waals surface area contributed by atoms with Crippen LogP contribution >= 0.6 is 0 Å². The maximum Gasteiger partial charge on any atom is 0.418 e. The average Bonchev–Trinajstić information content (AvgIpc) is 2.15. The zero-order valence-electron chi connectivity index (χ0n) is 8.68. The van der Waals surface area contributed by atoms with Crippen LogP contribution in [0.5, 0.6) is 5.75 Å². The molecular weight excluding hydrogens is 223 g/mol. The highest BCUT2D eigenvalue weighted by atomic mass is 19.4. The summed E-state index contributed by atoms with van der Waals surface area (Å²) in [6, 6.07) is 1.91. The number of benzene rings is 1. The molecule has 1 aromatic carbocycles. The fraction of sp³-hybridized carbons (Fsp3) is 0.300. The number of rotatable bonds is 2. The molecule has 1 rings (SSSR count). The molecule has 0 radical (unpaired) electrons. The Morgan fingerprint density at radius 3 is 2.31 bits per heavy atom. The lowest BCUT2D eigenvalue weighted by molar-refractivity contribution is -0.137. The molecule has 0 saturated carbocycles. The number of nitrogens with two attached hydrogens (primary N) is 1. The fourth-order valence-electron chi connectivity index (χ4n) is 1.23.